The summed E-state index contributed by atoms with van der Waals surface area (Å²) in [5.74, 6) is -0.317. The molecule has 2 aromatic carbocycles. The molecule has 9 rings (SSSR count). The molecule has 3 fully saturated rings. The average Bonchev–Trinajstić information content (AvgIpc) is 4.06. The van der Waals surface area contributed by atoms with Crippen LogP contribution in [0.25, 0.3) is 11.0 Å². The first-order chi connectivity index (χ1) is 35.8. The third-order valence-electron chi connectivity index (χ3n) is 14.2. The highest BCUT2D eigenvalue weighted by Crippen LogP contribution is 2.42. The van der Waals surface area contributed by atoms with Crippen LogP contribution in [0.5, 0.6) is 17.2 Å². The van der Waals surface area contributed by atoms with Crippen molar-refractivity contribution in [1.29, 1.82) is 0 Å². The van der Waals surface area contributed by atoms with E-state index in [1.165, 1.54) is 26.0 Å². The molecule has 2 N–H and O–H groups in total. The smallest absolute Gasteiger partial charge is 0.263 e. The zero-order valence-electron chi connectivity index (χ0n) is 42.0. The van der Waals surface area contributed by atoms with E-state index < -0.39 is 11.9 Å². The van der Waals surface area contributed by atoms with E-state index in [1.54, 1.807) is 48.0 Å². The number of carbonyl (C=O) groups is 6. The Balaban J connectivity index is 0.706. The highest BCUT2D eigenvalue weighted by atomic mass is 16.5. The summed E-state index contributed by atoms with van der Waals surface area (Å²) in [6.45, 7) is 6.12. The van der Waals surface area contributed by atoms with E-state index in [-0.39, 0.29) is 103 Å². The number of Topliss-reactive ketones (excluding diaryl/α,β-unsaturated/α-hetero) is 2. The lowest BCUT2D eigenvalue weighted by atomic mass is 10.0. The molecule has 21 heteroatoms. The largest absolute Gasteiger partial charge is 0.493 e. The van der Waals surface area contributed by atoms with E-state index in [0.29, 0.717) is 90.5 Å². The number of hydrogen-bond acceptors (Lipinski definition) is 17. The first kappa shape index (κ1) is 51.0. The van der Waals surface area contributed by atoms with Gasteiger partial charge in [0.2, 0.25) is 23.5 Å². The third-order valence-corrected chi connectivity index (χ3v) is 14.2. The minimum absolute atomic E-state index is 0.00195. The standard InChI is InChI=1S/C53H59N11O10/c1-31-39-27-56-45(57-50(39)64(35-9-5-6-10-35)53(71)48(31)32(2)65)25-33-14-15-36(26-55-33)61-19-21-62(22-20-61)47(68)28-54-18-8-11-37(66)30-74-49-43(72-3)23-34(24-44(49)73-4)59-60-41-13-7-12-38-40(41)29-63(52(38)70)42-16-17-46(67)58-51(42)69/h7,12-15,23-24,26-27,35,42,54H,5-6,8-11,16-22,25,28-30H2,1-4H3,(H,58,67,69). The summed E-state index contributed by atoms with van der Waals surface area (Å²) in [6.07, 6.45) is 8.82. The van der Waals surface area contributed by atoms with Gasteiger partial charge in [0.15, 0.2) is 23.1 Å². The third kappa shape index (κ3) is 10.9. The van der Waals surface area contributed by atoms with Gasteiger partial charge in [0.25, 0.3) is 11.5 Å². The minimum Gasteiger partial charge on any atom is -0.493 e. The Morgan fingerprint density at radius 1 is 0.905 bits per heavy atom. The second-order valence-electron chi connectivity index (χ2n) is 18.9. The second-order valence-corrected chi connectivity index (χ2v) is 18.9. The minimum atomic E-state index is -0.759. The number of imide groups is 1. The van der Waals surface area contributed by atoms with Gasteiger partial charge >= 0.3 is 0 Å². The number of methoxy groups -OCH3 is 2. The summed E-state index contributed by atoms with van der Waals surface area (Å²) in [4.78, 5) is 109. The van der Waals surface area contributed by atoms with Crippen molar-refractivity contribution in [2.45, 2.75) is 90.3 Å². The van der Waals surface area contributed by atoms with Gasteiger partial charge in [0, 0.05) is 92.1 Å². The van der Waals surface area contributed by atoms with E-state index >= 15 is 0 Å². The second kappa shape index (κ2) is 22.4. The van der Waals surface area contributed by atoms with Crippen molar-refractivity contribution in [3.8, 4) is 17.2 Å². The molecule has 3 aromatic heterocycles. The van der Waals surface area contributed by atoms with E-state index in [0.717, 1.165) is 37.1 Å². The van der Waals surface area contributed by atoms with Crippen molar-refractivity contribution in [1.82, 2.24) is 40.0 Å². The summed E-state index contributed by atoms with van der Waals surface area (Å²) < 4.78 is 18.8. The van der Waals surface area contributed by atoms with Gasteiger partial charge in [-0.15, -0.1) is 0 Å². The van der Waals surface area contributed by atoms with Gasteiger partial charge in [0.05, 0.1) is 56.0 Å². The number of rotatable bonds is 19. The number of aromatic nitrogens is 4. The van der Waals surface area contributed by atoms with Gasteiger partial charge in [-0.1, -0.05) is 18.9 Å². The van der Waals surface area contributed by atoms with E-state index in [9.17, 15) is 33.6 Å². The number of pyridine rings is 2. The quantitative estimate of drug-likeness (QED) is 0.0463. The number of anilines is 1. The van der Waals surface area contributed by atoms with Crippen LogP contribution in [0, 0.1) is 6.92 Å². The van der Waals surface area contributed by atoms with E-state index in [4.69, 9.17) is 24.2 Å². The van der Waals surface area contributed by atoms with Crippen LogP contribution in [0.15, 0.2) is 69.9 Å². The molecule has 74 heavy (non-hydrogen) atoms. The Morgan fingerprint density at radius 3 is 2.35 bits per heavy atom. The molecule has 2 saturated heterocycles. The van der Waals surface area contributed by atoms with Crippen molar-refractivity contribution >= 4 is 63.3 Å². The van der Waals surface area contributed by atoms with Crippen LogP contribution in [-0.2, 0) is 32.1 Å². The van der Waals surface area contributed by atoms with Crippen molar-refractivity contribution in [3.05, 3.63) is 99.0 Å². The number of ether oxygens (including phenoxy) is 3. The molecule has 0 radical (unpaired) electrons. The Bertz CT molecular complexity index is 3080. The fourth-order valence-electron chi connectivity index (χ4n) is 10.2. The summed E-state index contributed by atoms with van der Waals surface area (Å²) in [7, 11) is 2.90. The molecule has 1 aliphatic carbocycles. The number of hydrogen-bond donors (Lipinski definition) is 2. The maximum absolute atomic E-state index is 13.6. The number of ketones is 2. The van der Waals surface area contributed by atoms with Crippen molar-refractivity contribution in [2.75, 3.05) is 65.0 Å². The van der Waals surface area contributed by atoms with Gasteiger partial charge in [-0.05, 0) is 75.9 Å². The molecule has 3 aliphatic heterocycles. The molecule has 386 valence electrons. The number of piperazine rings is 1. The number of amides is 4. The summed E-state index contributed by atoms with van der Waals surface area (Å²) in [5, 5.41) is 15.0. The van der Waals surface area contributed by atoms with Crippen molar-refractivity contribution in [2.24, 2.45) is 10.2 Å². The lowest BCUT2D eigenvalue weighted by Gasteiger charge is -2.36. The van der Waals surface area contributed by atoms with E-state index in [2.05, 4.69) is 30.7 Å². The van der Waals surface area contributed by atoms with Gasteiger partial charge < -0.3 is 34.2 Å². The van der Waals surface area contributed by atoms with Crippen LogP contribution >= 0.6 is 0 Å². The number of aryl methyl sites for hydroxylation is 1. The fraction of sp³-hybridized carbons (Fsp3) is 0.434. The average molecular weight is 1010 g/mol. The Labute approximate surface area is 426 Å². The van der Waals surface area contributed by atoms with Crippen molar-refractivity contribution in [3.63, 3.8) is 0 Å². The molecule has 1 unspecified atom stereocenters. The highest BCUT2D eigenvalue weighted by Gasteiger charge is 2.40. The van der Waals surface area contributed by atoms with Gasteiger partial charge in [-0.25, -0.2) is 9.97 Å². The molecule has 4 aliphatic rings. The molecule has 0 bridgehead atoms. The molecule has 1 atom stereocenters. The van der Waals surface area contributed by atoms with Crippen LogP contribution < -0.4 is 35.3 Å². The topological polar surface area (TPSA) is 249 Å². The van der Waals surface area contributed by atoms with Crippen LogP contribution in [0.4, 0.5) is 17.1 Å². The molecular formula is C53H59N11O10. The SMILES string of the molecule is COc1cc(N=Nc2cccc3c2CN(C2CCC(=O)NC2=O)C3=O)cc(OC)c1OCC(=O)CCCNCC(=O)N1CCN(c2ccc(Cc3ncc4c(C)c(C(C)=O)c(=O)n(C5CCCC5)c4n3)nc2)CC1. The number of benzene rings is 2. The van der Waals surface area contributed by atoms with Crippen LogP contribution in [0.2, 0.25) is 0 Å². The predicted octanol–water partition coefficient (Wildman–Crippen LogP) is 5.26. The lowest BCUT2D eigenvalue weighted by Crippen LogP contribution is -2.52. The first-order valence-electron chi connectivity index (χ1n) is 25.0. The van der Waals surface area contributed by atoms with Gasteiger partial charge in [0.1, 0.15) is 24.1 Å². The van der Waals surface area contributed by atoms with Crippen LogP contribution in [0.1, 0.15) is 108 Å². The number of nitrogens with one attached hydrogen (secondary N) is 2. The lowest BCUT2D eigenvalue weighted by molar-refractivity contribution is -0.137. The molecule has 21 nitrogen and oxygen atoms in total. The van der Waals surface area contributed by atoms with Crippen LogP contribution in [0.3, 0.4) is 0 Å². The number of azo groups is 1. The predicted molar refractivity (Wildman–Crippen MR) is 271 cm³/mol. The summed E-state index contributed by atoms with van der Waals surface area (Å²) in [6, 6.07) is 11.4. The normalized spacial score (nSPS) is 17.1. The Hall–Kier alpha value is -7.94. The molecule has 0 spiro atoms. The van der Waals surface area contributed by atoms with Crippen LogP contribution in [-0.4, -0.2) is 131 Å². The van der Waals surface area contributed by atoms with E-state index in [1.807, 2.05) is 23.2 Å². The number of nitrogens with zero attached hydrogens (tertiary/aromatic N) is 9. The maximum Gasteiger partial charge on any atom is 0.263 e. The zero-order chi connectivity index (χ0) is 52.0. The number of carbonyl (C=O) groups excluding carboxylic acids is 6. The molecule has 5 aromatic rings. The summed E-state index contributed by atoms with van der Waals surface area (Å²) >= 11 is 0. The first-order valence-corrected chi connectivity index (χ1v) is 25.0. The highest BCUT2D eigenvalue weighted by molar-refractivity contribution is 6.06. The van der Waals surface area contributed by atoms with Gasteiger partial charge in [-0.2, -0.15) is 10.2 Å². The molecule has 4 amide bonds. The summed E-state index contributed by atoms with van der Waals surface area (Å²) in [5.41, 5.74) is 4.65. The zero-order valence-corrected chi connectivity index (χ0v) is 42.0. The number of fused-ring (bicyclic) bond motifs is 2. The Morgan fingerprint density at radius 2 is 1.66 bits per heavy atom. The number of piperidine rings is 1. The molecular weight excluding hydrogens is 951 g/mol. The maximum atomic E-state index is 13.6. The fourth-order valence-corrected chi connectivity index (χ4v) is 10.2. The van der Waals surface area contributed by atoms with Crippen molar-refractivity contribution < 1.29 is 43.0 Å². The molecule has 6 heterocycles. The van der Waals surface area contributed by atoms with Gasteiger partial charge in [-0.3, -0.25) is 48.4 Å². The molecule has 1 saturated carbocycles. The Kier molecular flexibility index (Phi) is 15.5. The monoisotopic (exact) mass is 1010 g/mol.